The van der Waals surface area contributed by atoms with Crippen LogP contribution in [0.3, 0.4) is 0 Å². The largest absolute Gasteiger partial charge is 0.506 e. The quantitative estimate of drug-likeness (QED) is 0.726. The third kappa shape index (κ3) is 3.06. The zero-order chi connectivity index (χ0) is 13.2. The Kier molecular flexibility index (Phi) is 3.21. The molecule has 6 nitrogen and oxygen atoms in total. The summed E-state index contributed by atoms with van der Waals surface area (Å²) in [7, 11) is 0. The van der Waals surface area contributed by atoms with E-state index in [0.29, 0.717) is 12.3 Å². The lowest BCUT2D eigenvalue weighted by atomic mass is 10.2. The van der Waals surface area contributed by atoms with Gasteiger partial charge in [0.05, 0.1) is 6.20 Å². The van der Waals surface area contributed by atoms with Crippen LogP contribution in [0.15, 0.2) is 12.3 Å². The number of anilines is 1. The van der Waals surface area contributed by atoms with Crippen LogP contribution in [0.25, 0.3) is 0 Å². The monoisotopic (exact) mass is 250 g/mol. The third-order valence-corrected chi connectivity index (χ3v) is 1.59. The number of aromatic hydroxyl groups is 1. The van der Waals surface area contributed by atoms with Gasteiger partial charge in [0, 0.05) is 0 Å². The first-order valence-electron chi connectivity index (χ1n) is 4.02. The molecule has 1 amide bonds. The molecule has 0 aliphatic rings. The van der Waals surface area contributed by atoms with Gasteiger partial charge < -0.3 is 15.5 Å². The summed E-state index contributed by atoms with van der Waals surface area (Å²) in [4.78, 5) is 24.4. The van der Waals surface area contributed by atoms with Crippen LogP contribution >= 0.6 is 0 Å². The summed E-state index contributed by atoms with van der Waals surface area (Å²) in [6.07, 6.45) is -4.45. The number of alkyl halides is 3. The first-order valence-corrected chi connectivity index (χ1v) is 4.02. The van der Waals surface area contributed by atoms with Crippen LogP contribution < -0.4 is 5.32 Å². The minimum Gasteiger partial charge on any atom is -0.506 e. The summed E-state index contributed by atoms with van der Waals surface area (Å²) in [5.74, 6) is -5.32. The van der Waals surface area contributed by atoms with Crippen LogP contribution in [0, 0.1) is 0 Å². The van der Waals surface area contributed by atoms with Crippen LogP contribution in [-0.2, 0) is 4.79 Å². The number of halogens is 3. The lowest BCUT2D eigenvalue weighted by molar-refractivity contribution is -0.167. The third-order valence-electron chi connectivity index (χ3n) is 1.59. The van der Waals surface area contributed by atoms with Gasteiger partial charge in [0.25, 0.3) is 0 Å². The van der Waals surface area contributed by atoms with Gasteiger partial charge in [-0.05, 0) is 6.07 Å². The number of carboxylic acids is 1. The molecule has 1 aromatic heterocycles. The molecule has 0 fully saturated rings. The number of hydrogen-bond acceptors (Lipinski definition) is 4. The summed E-state index contributed by atoms with van der Waals surface area (Å²) >= 11 is 0. The molecule has 1 aromatic rings. The van der Waals surface area contributed by atoms with Gasteiger partial charge in [-0.2, -0.15) is 13.2 Å². The zero-order valence-electron chi connectivity index (χ0n) is 7.95. The summed E-state index contributed by atoms with van der Waals surface area (Å²) < 4.78 is 35.7. The first kappa shape index (κ1) is 12.7. The zero-order valence-corrected chi connectivity index (χ0v) is 7.95. The Morgan fingerprint density at radius 2 is 1.94 bits per heavy atom. The highest BCUT2D eigenvalue weighted by atomic mass is 19.4. The van der Waals surface area contributed by atoms with Crippen LogP contribution in [-0.4, -0.2) is 33.2 Å². The van der Waals surface area contributed by atoms with Gasteiger partial charge in [-0.3, -0.25) is 4.79 Å². The predicted octanol–water partition coefficient (Wildman–Crippen LogP) is 0.986. The van der Waals surface area contributed by atoms with E-state index in [1.807, 2.05) is 0 Å². The number of carbonyl (C=O) groups excluding carboxylic acids is 1. The van der Waals surface area contributed by atoms with E-state index in [0.717, 1.165) is 0 Å². The second kappa shape index (κ2) is 4.28. The lowest BCUT2D eigenvalue weighted by Crippen LogP contribution is -2.31. The predicted molar refractivity (Wildman–Crippen MR) is 47.5 cm³/mol. The average molecular weight is 250 g/mol. The van der Waals surface area contributed by atoms with Crippen molar-refractivity contribution in [2.45, 2.75) is 6.18 Å². The molecule has 0 bridgehead atoms. The van der Waals surface area contributed by atoms with Gasteiger partial charge in [-0.1, -0.05) is 0 Å². The van der Waals surface area contributed by atoms with Crippen LogP contribution in [0.4, 0.5) is 19.0 Å². The van der Waals surface area contributed by atoms with Crippen LogP contribution in [0.5, 0.6) is 5.75 Å². The minimum atomic E-state index is -5.16. The van der Waals surface area contributed by atoms with Crippen molar-refractivity contribution in [1.29, 1.82) is 0 Å². The second-order valence-corrected chi connectivity index (χ2v) is 2.85. The van der Waals surface area contributed by atoms with Gasteiger partial charge in [-0.25, -0.2) is 9.78 Å². The molecule has 0 saturated carbocycles. The van der Waals surface area contributed by atoms with Crippen molar-refractivity contribution in [3.05, 3.63) is 17.8 Å². The molecule has 17 heavy (non-hydrogen) atoms. The Morgan fingerprint density at radius 1 is 1.35 bits per heavy atom. The standard InChI is InChI=1S/C8H5F3N2O4/c9-8(10,11)7(17)13-5-4(6(15)16)1-3(14)2-12-5/h1-2,14H,(H,15,16)(H,12,13,17). The number of nitrogens with one attached hydrogen (secondary N) is 1. The van der Waals surface area contributed by atoms with Gasteiger partial charge >= 0.3 is 18.1 Å². The minimum absolute atomic E-state index is 0.549. The fraction of sp³-hybridized carbons (Fsp3) is 0.125. The van der Waals surface area contributed by atoms with Crippen molar-refractivity contribution < 1.29 is 33.0 Å². The van der Waals surface area contributed by atoms with Crippen molar-refractivity contribution >= 4 is 17.7 Å². The number of aromatic carboxylic acids is 1. The maximum absolute atomic E-state index is 11.9. The van der Waals surface area contributed by atoms with E-state index >= 15 is 0 Å². The van der Waals surface area contributed by atoms with Gasteiger partial charge in [0.1, 0.15) is 17.1 Å². The summed E-state index contributed by atoms with van der Waals surface area (Å²) in [5, 5.41) is 18.8. The molecule has 0 aromatic carbocycles. The van der Waals surface area contributed by atoms with E-state index in [2.05, 4.69) is 4.98 Å². The number of amides is 1. The molecule has 0 unspecified atom stereocenters. The Hall–Kier alpha value is -2.32. The van der Waals surface area contributed by atoms with E-state index in [1.54, 1.807) is 0 Å². The smallest absolute Gasteiger partial charge is 0.471 e. The number of carboxylic acid groups (broad SMARTS) is 1. The first-order chi connectivity index (χ1) is 7.71. The van der Waals surface area contributed by atoms with Crippen molar-refractivity contribution in [1.82, 2.24) is 4.98 Å². The number of rotatable bonds is 2. The molecule has 0 aliphatic carbocycles. The molecular weight excluding hydrogens is 245 g/mol. The fourth-order valence-electron chi connectivity index (χ4n) is 0.895. The second-order valence-electron chi connectivity index (χ2n) is 2.85. The van der Waals surface area contributed by atoms with E-state index in [-0.39, 0.29) is 0 Å². The molecule has 3 N–H and O–H groups in total. The molecule has 0 spiro atoms. The van der Waals surface area contributed by atoms with Crippen molar-refractivity contribution in [2.75, 3.05) is 5.32 Å². The van der Waals surface area contributed by atoms with E-state index in [4.69, 9.17) is 10.2 Å². The molecule has 0 aliphatic heterocycles. The number of carbonyl (C=O) groups is 2. The number of pyridine rings is 1. The Labute approximate surface area is 91.7 Å². The lowest BCUT2D eigenvalue weighted by Gasteiger charge is -2.09. The maximum Gasteiger partial charge on any atom is 0.471 e. The molecule has 9 heteroatoms. The van der Waals surface area contributed by atoms with E-state index < -0.39 is 35.2 Å². The summed E-state index contributed by atoms with van der Waals surface area (Å²) in [6, 6.07) is 0.668. The molecule has 1 rings (SSSR count). The highest BCUT2D eigenvalue weighted by molar-refractivity contribution is 6.01. The Balaban J connectivity index is 3.07. The van der Waals surface area contributed by atoms with Crippen LogP contribution in [0.2, 0.25) is 0 Å². The normalized spacial score (nSPS) is 11.0. The highest BCUT2D eigenvalue weighted by Gasteiger charge is 2.39. The SMILES string of the molecule is O=C(O)c1cc(O)cnc1NC(=O)C(F)(F)F. The number of hydrogen-bond donors (Lipinski definition) is 3. The number of aromatic nitrogens is 1. The Morgan fingerprint density at radius 3 is 2.41 bits per heavy atom. The average Bonchev–Trinajstić information content (AvgIpc) is 2.18. The Bertz CT molecular complexity index is 472. The number of nitrogens with zero attached hydrogens (tertiary/aromatic N) is 1. The molecule has 1 heterocycles. The van der Waals surface area contributed by atoms with Gasteiger partial charge in [0.15, 0.2) is 0 Å². The highest BCUT2D eigenvalue weighted by Crippen LogP contribution is 2.21. The maximum atomic E-state index is 11.9. The molecule has 92 valence electrons. The van der Waals surface area contributed by atoms with E-state index in [9.17, 15) is 22.8 Å². The molecular formula is C8H5F3N2O4. The van der Waals surface area contributed by atoms with Crippen LogP contribution in [0.1, 0.15) is 10.4 Å². The summed E-state index contributed by atoms with van der Waals surface area (Å²) in [6.45, 7) is 0. The van der Waals surface area contributed by atoms with E-state index in [1.165, 1.54) is 5.32 Å². The molecule has 0 saturated heterocycles. The molecule has 0 radical (unpaired) electrons. The fourth-order valence-corrected chi connectivity index (χ4v) is 0.895. The van der Waals surface area contributed by atoms with Gasteiger partial charge in [0.2, 0.25) is 0 Å². The van der Waals surface area contributed by atoms with Crippen molar-refractivity contribution in [3.63, 3.8) is 0 Å². The topological polar surface area (TPSA) is 99.5 Å². The molecule has 0 atom stereocenters. The van der Waals surface area contributed by atoms with Crippen molar-refractivity contribution in [2.24, 2.45) is 0 Å². The van der Waals surface area contributed by atoms with Gasteiger partial charge in [-0.15, -0.1) is 0 Å². The summed E-state index contributed by atoms with van der Waals surface area (Å²) in [5.41, 5.74) is -0.748. The van der Waals surface area contributed by atoms with Crippen molar-refractivity contribution in [3.8, 4) is 5.75 Å².